The van der Waals surface area contributed by atoms with E-state index in [-0.39, 0.29) is 29.4 Å². The molecule has 1 aromatic rings. The van der Waals surface area contributed by atoms with Crippen LogP contribution in [0.5, 0.6) is 5.88 Å². The summed E-state index contributed by atoms with van der Waals surface area (Å²) in [6.45, 7) is 10.2. The smallest absolute Gasteiger partial charge is 0.410 e. The molecule has 2 fully saturated rings. The van der Waals surface area contributed by atoms with Crippen molar-refractivity contribution in [1.29, 1.82) is 0 Å². The molecule has 1 aliphatic carbocycles. The van der Waals surface area contributed by atoms with Gasteiger partial charge in [0, 0.05) is 13.1 Å². The summed E-state index contributed by atoms with van der Waals surface area (Å²) < 4.78 is 42.0. The number of hydrogen-bond donors (Lipinski definition) is 0. The summed E-state index contributed by atoms with van der Waals surface area (Å²) >= 11 is 0. The molecule has 0 bridgehead atoms. The second-order valence-electron chi connectivity index (χ2n) is 10.1. The molecular weight excluding hydrogens is 446 g/mol. The first-order valence-corrected chi connectivity index (χ1v) is 13.3. The van der Waals surface area contributed by atoms with Crippen LogP contribution in [0.25, 0.3) is 0 Å². The molecule has 2 heterocycles. The monoisotopic (exact) mass is 483 g/mol. The first-order valence-electron chi connectivity index (χ1n) is 11.8. The lowest BCUT2D eigenvalue weighted by atomic mass is 9.94. The Morgan fingerprint density at radius 2 is 1.55 bits per heavy atom. The average Bonchev–Trinajstić information content (AvgIpc) is 2.75. The van der Waals surface area contributed by atoms with Crippen LogP contribution >= 0.6 is 0 Å². The fourth-order valence-electron chi connectivity index (χ4n) is 3.98. The van der Waals surface area contributed by atoms with Crippen molar-refractivity contribution in [2.24, 2.45) is 0 Å². The van der Waals surface area contributed by atoms with Gasteiger partial charge in [-0.15, -0.1) is 0 Å². The van der Waals surface area contributed by atoms with Gasteiger partial charge in [-0.05, 0) is 73.1 Å². The largest absolute Gasteiger partial charge is 0.473 e. The maximum absolute atomic E-state index is 12.2. The lowest BCUT2D eigenvalue weighted by molar-refractivity contribution is -0.0678. The molecular formula is C23H37N3O6S. The van der Waals surface area contributed by atoms with Crippen molar-refractivity contribution >= 4 is 15.9 Å². The predicted molar refractivity (Wildman–Crippen MR) is 123 cm³/mol. The first-order chi connectivity index (χ1) is 15.4. The predicted octanol–water partition coefficient (Wildman–Crippen LogP) is 3.76. The lowest BCUT2D eigenvalue weighted by Crippen LogP contribution is -2.44. The van der Waals surface area contributed by atoms with Gasteiger partial charge >= 0.3 is 6.09 Å². The summed E-state index contributed by atoms with van der Waals surface area (Å²) in [7, 11) is -3.44. The van der Waals surface area contributed by atoms with Crippen LogP contribution in [0.2, 0.25) is 0 Å². The van der Waals surface area contributed by atoms with E-state index < -0.39 is 20.7 Å². The van der Waals surface area contributed by atoms with Crippen LogP contribution < -0.4 is 4.74 Å². The second kappa shape index (κ2) is 10.5. The molecule has 0 N–H and O–H groups in total. The zero-order chi connectivity index (χ0) is 24.2. The minimum atomic E-state index is -3.44. The maximum Gasteiger partial charge on any atom is 0.410 e. The third-order valence-corrected chi connectivity index (χ3v) is 7.94. The number of nitrogens with zero attached hydrogens (tertiary/aromatic N) is 3. The molecule has 0 spiro atoms. The highest BCUT2D eigenvalue weighted by Crippen LogP contribution is 2.28. The van der Waals surface area contributed by atoms with Gasteiger partial charge in [0.05, 0.1) is 29.9 Å². The highest BCUT2D eigenvalue weighted by Gasteiger charge is 2.30. The van der Waals surface area contributed by atoms with E-state index in [0.717, 1.165) is 38.5 Å². The van der Waals surface area contributed by atoms with Crippen LogP contribution in [-0.2, 0) is 19.3 Å². The first kappa shape index (κ1) is 25.7. The average molecular weight is 484 g/mol. The Morgan fingerprint density at radius 1 is 0.970 bits per heavy atom. The Hall–Kier alpha value is -1.94. The van der Waals surface area contributed by atoms with Gasteiger partial charge in [-0.1, -0.05) is 0 Å². The summed E-state index contributed by atoms with van der Waals surface area (Å²) in [5, 5.41) is -0.571. The van der Waals surface area contributed by atoms with E-state index in [2.05, 4.69) is 9.97 Å². The van der Waals surface area contributed by atoms with E-state index in [9.17, 15) is 13.2 Å². The molecule has 9 nitrogen and oxygen atoms in total. The van der Waals surface area contributed by atoms with Crippen molar-refractivity contribution in [3.8, 4) is 5.88 Å². The van der Waals surface area contributed by atoms with Crippen molar-refractivity contribution in [3.63, 3.8) is 0 Å². The van der Waals surface area contributed by atoms with Crippen LogP contribution in [0.4, 0.5) is 4.79 Å². The van der Waals surface area contributed by atoms with E-state index in [0.29, 0.717) is 19.0 Å². The van der Waals surface area contributed by atoms with Crippen molar-refractivity contribution in [3.05, 3.63) is 12.4 Å². The minimum Gasteiger partial charge on any atom is -0.473 e. The Morgan fingerprint density at radius 3 is 2.06 bits per heavy atom. The summed E-state index contributed by atoms with van der Waals surface area (Å²) in [5.41, 5.74) is -0.482. The molecule has 0 radical (unpaired) electrons. The summed E-state index contributed by atoms with van der Waals surface area (Å²) in [5.74, 6) is 0.344. The molecule has 33 heavy (non-hydrogen) atoms. The summed E-state index contributed by atoms with van der Waals surface area (Å²) in [4.78, 5) is 22.1. The van der Waals surface area contributed by atoms with Crippen molar-refractivity contribution in [2.75, 3.05) is 13.1 Å². The molecule has 10 heteroatoms. The third kappa shape index (κ3) is 7.27. The molecule has 3 rings (SSSR count). The number of sulfone groups is 1. The van der Waals surface area contributed by atoms with Crippen LogP contribution in [0.15, 0.2) is 17.4 Å². The molecule has 0 aromatic carbocycles. The van der Waals surface area contributed by atoms with E-state index in [1.54, 1.807) is 18.7 Å². The number of hydrogen-bond acceptors (Lipinski definition) is 8. The minimum absolute atomic E-state index is 0.0146. The van der Waals surface area contributed by atoms with Gasteiger partial charge in [0.1, 0.15) is 11.7 Å². The number of ether oxygens (including phenoxy) is 3. The molecule has 1 amide bonds. The molecule has 2 aliphatic rings. The van der Waals surface area contributed by atoms with Crippen molar-refractivity contribution in [1.82, 2.24) is 14.9 Å². The van der Waals surface area contributed by atoms with E-state index in [4.69, 9.17) is 14.2 Å². The Labute approximate surface area is 197 Å². The fraction of sp³-hybridized carbons (Fsp3) is 0.783. The highest BCUT2D eigenvalue weighted by molar-refractivity contribution is 7.91. The molecule has 0 unspecified atom stereocenters. The SMILES string of the molecule is CC(C)S(=O)(=O)c1cnc(O[C@H]2CC[C@H](OC3CCN(C(=O)OC(C)(C)C)CC3)CC2)cn1. The molecule has 186 valence electrons. The van der Waals surface area contributed by atoms with E-state index >= 15 is 0 Å². The summed E-state index contributed by atoms with van der Waals surface area (Å²) in [6.07, 6.45) is 7.86. The zero-order valence-corrected chi connectivity index (χ0v) is 21.1. The van der Waals surface area contributed by atoms with Crippen molar-refractivity contribution in [2.45, 2.75) is 107 Å². The number of likely N-dealkylation sites (tertiary alicyclic amines) is 1. The molecule has 1 aliphatic heterocycles. The van der Waals surface area contributed by atoms with Crippen molar-refractivity contribution < 1.29 is 27.4 Å². The van der Waals surface area contributed by atoms with Gasteiger partial charge in [0.25, 0.3) is 0 Å². The van der Waals surface area contributed by atoms with E-state index in [1.165, 1.54) is 12.4 Å². The second-order valence-corrected chi connectivity index (χ2v) is 12.6. The summed E-state index contributed by atoms with van der Waals surface area (Å²) in [6, 6.07) is 0. The number of piperidine rings is 1. The molecule has 1 aromatic heterocycles. The van der Waals surface area contributed by atoms with Gasteiger partial charge in [0.2, 0.25) is 5.88 Å². The van der Waals surface area contributed by atoms with Gasteiger partial charge < -0.3 is 19.1 Å². The van der Waals surface area contributed by atoms with Crippen LogP contribution in [0, 0.1) is 0 Å². The fourth-order valence-corrected chi connectivity index (χ4v) is 4.87. The van der Waals surface area contributed by atoms with Crippen LogP contribution in [-0.4, -0.2) is 71.6 Å². The number of carbonyl (C=O) groups excluding carboxylic acids is 1. The number of aromatic nitrogens is 2. The van der Waals surface area contributed by atoms with Gasteiger partial charge in [-0.25, -0.2) is 23.2 Å². The Balaban J connectivity index is 1.39. The number of carbonyl (C=O) groups is 1. The number of rotatable bonds is 6. The Bertz CT molecular complexity index is 882. The quantitative estimate of drug-likeness (QED) is 0.602. The van der Waals surface area contributed by atoms with Crippen LogP contribution in [0.3, 0.4) is 0 Å². The molecule has 0 atom stereocenters. The standard InChI is InChI=1S/C23H37N3O6S/c1-16(2)33(28,29)21-15-24-20(14-25-21)31-18-8-6-17(7-9-18)30-19-10-12-26(13-11-19)22(27)32-23(3,4)5/h14-19H,6-13H2,1-5H3/t17-,18-. The molecule has 1 saturated heterocycles. The Kier molecular flexibility index (Phi) is 8.21. The topological polar surface area (TPSA) is 108 Å². The number of amides is 1. The third-order valence-electron chi connectivity index (χ3n) is 5.90. The molecule has 1 saturated carbocycles. The lowest BCUT2D eigenvalue weighted by Gasteiger charge is -2.36. The van der Waals surface area contributed by atoms with Gasteiger partial charge in [-0.2, -0.15) is 0 Å². The highest BCUT2D eigenvalue weighted by atomic mass is 32.2. The maximum atomic E-state index is 12.2. The van der Waals surface area contributed by atoms with E-state index in [1.807, 2.05) is 20.8 Å². The van der Waals surface area contributed by atoms with Crippen LogP contribution in [0.1, 0.15) is 73.1 Å². The zero-order valence-electron chi connectivity index (χ0n) is 20.3. The van der Waals surface area contributed by atoms with Gasteiger partial charge in [0.15, 0.2) is 14.9 Å². The van der Waals surface area contributed by atoms with Gasteiger partial charge in [-0.3, -0.25) is 0 Å². The normalized spacial score (nSPS) is 22.9.